The van der Waals surface area contributed by atoms with Crippen LogP contribution in [0.5, 0.6) is 0 Å². The Bertz CT molecular complexity index is 447. The van der Waals surface area contributed by atoms with E-state index >= 15 is 0 Å². The summed E-state index contributed by atoms with van der Waals surface area (Å²) in [6.45, 7) is 0.382. The molecule has 2 rings (SSSR count). The third kappa shape index (κ3) is 2.76. The molecule has 5 nitrogen and oxygen atoms in total. The van der Waals surface area contributed by atoms with Crippen LogP contribution in [0.25, 0.3) is 0 Å². The maximum Gasteiger partial charge on any atom is 0.404 e. The van der Waals surface area contributed by atoms with Crippen molar-refractivity contribution in [1.29, 1.82) is 0 Å². The van der Waals surface area contributed by atoms with E-state index in [1.54, 1.807) is 4.90 Å². The fourth-order valence-electron chi connectivity index (χ4n) is 1.85. The number of benzene rings is 1. The van der Waals surface area contributed by atoms with Crippen molar-refractivity contribution in [2.45, 2.75) is 12.5 Å². The molecule has 6 heteroatoms. The number of hydrogen-bond donors (Lipinski definition) is 2. The Morgan fingerprint density at radius 1 is 1.41 bits per heavy atom. The Kier molecular flexibility index (Phi) is 3.33. The van der Waals surface area contributed by atoms with Crippen LogP contribution >= 0.6 is 15.9 Å². The Balaban J connectivity index is 2.10. The van der Waals surface area contributed by atoms with Crippen molar-refractivity contribution in [1.82, 2.24) is 5.32 Å². The largest absolute Gasteiger partial charge is 0.465 e. The highest BCUT2D eigenvalue weighted by Gasteiger charge is 2.31. The van der Waals surface area contributed by atoms with Gasteiger partial charge in [0.2, 0.25) is 5.91 Å². The fraction of sp³-hybridized carbons (Fsp3) is 0.273. The smallest absolute Gasteiger partial charge is 0.404 e. The Morgan fingerprint density at radius 2 is 2.06 bits per heavy atom. The first-order valence-electron chi connectivity index (χ1n) is 5.11. The van der Waals surface area contributed by atoms with Gasteiger partial charge in [-0.3, -0.25) is 4.79 Å². The number of halogens is 1. The minimum Gasteiger partial charge on any atom is -0.465 e. The highest BCUT2D eigenvalue weighted by molar-refractivity contribution is 9.10. The number of rotatable bonds is 2. The van der Waals surface area contributed by atoms with Gasteiger partial charge in [-0.25, -0.2) is 4.79 Å². The zero-order valence-electron chi connectivity index (χ0n) is 8.89. The van der Waals surface area contributed by atoms with E-state index in [0.29, 0.717) is 6.54 Å². The first-order valence-corrected chi connectivity index (χ1v) is 5.91. The number of nitrogens with one attached hydrogen (secondary N) is 1. The molecule has 0 radical (unpaired) electrons. The molecular formula is C11H11BrN2O3. The summed E-state index contributed by atoms with van der Waals surface area (Å²) in [5, 5.41) is 10.9. The highest BCUT2D eigenvalue weighted by atomic mass is 79.9. The fourth-order valence-corrected chi connectivity index (χ4v) is 2.11. The molecule has 90 valence electrons. The van der Waals surface area contributed by atoms with Gasteiger partial charge in [0.1, 0.15) is 0 Å². The molecule has 2 amide bonds. The van der Waals surface area contributed by atoms with E-state index in [2.05, 4.69) is 21.2 Å². The van der Waals surface area contributed by atoms with Crippen LogP contribution in [0.2, 0.25) is 0 Å². The van der Waals surface area contributed by atoms with E-state index in [0.717, 1.165) is 10.2 Å². The van der Waals surface area contributed by atoms with E-state index < -0.39 is 6.09 Å². The Morgan fingerprint density at radius 3 is 2.65 bits per heavy atom. The molecule has 1 fully saturated rings. The van der Waals surface area contributed by atoms with Gasteiger partial charge in [-0.05, 0) is 24.3 Å². The summed E-state index contributed by atoms with van der Waals surface area (Å²) in [6, 6.07) is 7.01. The summed E-state index contributed by atoms with van der Waals surface area (Å²) in [5.41, 5.74) is 0.785. The molecule has 0 aliphatic carbocycles. The van der Waals surface area contributed by atoms with Crippen LogP contribution in [0.15, 0.2) is 28.7 Å². The lowest BCUT2D eigenvalue weighted by atomic mass is 10.3. The van der Waals surface area contributed by atoms with Gasteiger partial charge in [-0.1, -0.05) is 15.9 Å². The van der Waals surface area contributed by atoms with Crippen molar-refractivity contribution in [3.63, 3.8) is 0 Å². The van der Waals surface area contributed by atoms with Crippen LogP contribution in [0.3, 0.4) is 0 Å². The summed E-state index contributed by atoms with van der Waals surface area (Å²) >= 11 is 3.32. The molecule has 1 atom stereocenters. The lowest BCUT2D eigenvalue weighted by molar-refractivity contribution is -0.117. The van der Waals surface area contributed by atoms with Gasteiger partial charge >= 0.3 is 6.09 Å². The molecule has 0 bridgehead atoms. The van der Waals surface area contributed by atoms with Gasteiger partial charge in [-0.15, -0.1) is 0 Å². The number of carbonyl (C=O) groups is 2. The van der Waals surface area contributed by atoms with E-state index in [1.165, 1.54) is 0 Å². The maximum absolute atomic E-state index is 11.7. The lowest BCUT2D eigenvalue weighted by Gasteiger charge is -2.16. The van der Waals surface area contributed by atoms with Crippen LogP contribution in [0.1, 0.15) is 6.42 Å². The average Bonchev–Trinajstić information content (AvgIpc) is 2.59. The molecule has 0 spiro atoms. The molecular weight excluding hydrogens is 288 g/mol. The summed E-state index contributed by atoms with van der Waals surface area (Å²) in [5.74, 6) is -0.0638. The number of carbonyl (C=O) groups excluding carboxylic acids is 1. The van der Waals surface area contributed by atoms with Crippen molar-refractivity contribution < 1.29 is 14.7 Å². The standard InChI is InChI=1S/C11H11BrN2O3/c12-7-1-3-9(4-2-7)14-6-8(5-10(14)15)13-11(16)17/h1-4,8,13H,5-6H2,(H,16,17). The van der Waals surface area contributed by atoms with Crippen LogP contribution in [-0.2, 0) is 4.79 Å². The maximum atomic E-state index is 11.7. The minimum atomic E-state index is -1.10. The van der Waals surface area contributed by atoms with Crippen LogP contribution in [0.4, 0.5) is 10.5 Å². The van der Waals surface area contributed by atoms with Crippen molar-refractivity contribution in [2.24, 2.45) is 0 Å². The van der Waals surface area contributed by atoms with E-state index in [-0.39, 0.29) is 18.4 Å². The van der Waals surface area contributed by atoms with E-state index in [9.17, 15) is 9.59 Å². The van der Waals surface area contributed by atoms with Crippen molar-refractivity contribution in [3.8, 4) is 0 Å². The first-order chi connectivity index (χ1) is 8.06. The summed E-state index contributed by atoms with van der Waals surface area (Å²) < 4.78 is 0.938. The van der Waals surface area contributed by atoms with E-state index in [4.69, 9.17) is 5.11 Å². The lowest BCUT2D eigenvalue weighted by Crippen LogP contribution is -2.36. The summed E-state index contributed by atoms with van der Waals surface area (Å²) in [6.07, 6.45) is -0.886. The van der Waals surface area contributed by atoms with Crippen LogP contribution in [-0.4, -0.2) is 29.7 Å². The van der Waals surface area contributed by atoms with Crippen LogP contribution in [0, 0.1) is 0 Å². The molecule has 1 heterocycles. The number of anilines is 1. The van der Waals surface area contributed by atoms with Gasteiger partial charge in [0, 0.05) is 23.1 Å². The molecule has 1 saturated heterocycles. The molecule has 17 heavy (non-hydrogen) atoms. The number of carboxylic acid groups (broad SMARTS) is 1. The topological polar surface area (TPSA) is 69.6 Å². The zero-order chi connectivity index (χ0) is 12.4. The quantitative estimate of drug-likeness (QED) is 0.875. The summed E-state index contributed by atoms with van der Waals surface area (Å²) in [4.78, 5) is 23.8. The zero-order valence-corrected chi connectivity index (χ0v) is 10.5. The monoisotopic (exact) mass is 298 g/mol. The molecule has 1 unspecified atom stereocenters. The molecule has 1 aromatic rings. The van der Waals surface area contributed by atoms with Crippen LogP contribution < -0.4 is 10.2 Å². The third-order valence-corrected chi connectivity index (χ3v) is 3.12. The second-order valence-electron chi connectivity index (χ2n) is 3.83. The first kappa shape index (κ1) is 11.9. The normalized spacial score (nSPS) is 19.5. The minimum absolute atomic E-state index is 0.0638. The van der Waals surface area contributed by atoms with Crippen molar-refractivity contribution >= 4 is 33.6 Å². The SMILES string of the molecule is O=C(O)NC1CC(=O)N(c2ccc(Br)cc2)C1. The van der Waals surface area contributed by atoms with Crippen molar-refractivity contribution in [3.05, 3.63) is 28.7 Å². The molecule has 0 aromatic heterocycles. The van der Waals surface area contributed by atoms with E-state index in [1.807, 2.05) is 24.3 Å². The number of nitrogens with zero attached hydrogens (tertiary/aromatic N) is 1. The second kappa shape index (κ2) is 4.75. The molecule has 1 aliphatic heterocycles. The number of amides is 2. The average molecular weight is 299 g/mol. The predicted octanol–water partition coefficient (Wildman–Crippen LogP) is 1.82. The molecule has 1 aromatic carbocycles. The molecule has 2 N–H and O–H groups in total. The third-order valence-electron chi connectivity index (χ3n) is 2.59. The highest BCUT2D eigenvalue weighted by Crippen LogP contribution is 2.23. The number of hydrogen-bond acceptors (Lipinski definition) is 2. The van der Waals surface area contributed by atoms with Gasteiger partial charge in [0.15, 0.2) is 0 Å². The molecule has 0 saturated carbocycles. The van der Waals surface area contributed by atoms with Gasteiger partial charge in [0.05, 0.1) is 6.04 Å². The Hall–Kier alpha value is -1.56. The molecule has 1 aliphatic rings. The predicted molar refractivity (Wildman–Crippen MR) is 66.1 cm³/mol. The van der Waals surface area contributed by atoms with Gasteiger partial charge < -0.3 is 15.3 Å². The second-order valence-corrected chi connectivity index (χ2v) is 4.75. The Labute approximate surface area is 107 Å². The van der Waals surface area contributed by atoms with Gasteiger partial charge in [-0.2, -0.15) is 0 Å². The van der Waals surface area contributed by atoms with Crippen molar-refractivity contribution in [2.75, 3.05) is 11.4 Å². The van der Waals surface area contributed by atoms with Gasteiger partial charge in [0.25, 0.3) is 0 Å². The summed E-state index contributed by atoms with van der Waals surface area (Å²) in [7, 11) is 0.